The Morgan fingerprint density at radius 1 is 1.36 bits per heavy atom. The van der Waals surface area contributed by atoms with Crippen molar-refractivity contribution in [1.29, 1.82) is 0 Å². The second kappa shape index (κ2) is 4.25. The molecule has 0 saturated carbocycles. The molecule has 0 bridgehead atoms. The molecule has 2 rings (SSSR count). The van der Waals surface area contributed by atoms with E-state index in [1.165, 1.54) is 0 Å². The molecule has 0 aromatic heterocycles. The average Bonchev–Trinajstić information content (AvgIpc) is 2.71. The summed E-state index contributed by atoms with van der Waals surface area (Å²) in [5.41, 5.74) is 9.42. The zero-order valence-electron chi connectivity index (χ0n) is 7.50. The van der Waals surface area contributed by atoms with Crippen molar-refractivity contribution in [3.63, 3.8) is 0 Å². The molecule has 0 radical (unpaired) electrons. The molecule has 0 aliphatic carbocycles. The molecule has 0 amide bonds. The molecule has 1 aliphatic rings. The molecular formula is C9H12ClN3O. The number of nitrogens with one attached hydrogen (secondary N) is 3. The lowest BCUT2D eigenvalue weighted by molar-refractivity contribution is 0.139. The van der Waals surface area contributed by atoms with Crippen LogP contribution in [-0.4, -0.2) is 17.7 Å². The lowest BCUT2D eigenvalue weighted by Crippen LogP contribution is -2.36. The number of benzene rings is 1. The van der Waals surface area contributed by atoms with Crippen LogP contribution in [0.4, 0.5) is 0 Å². The normalized spacial score (nSPS) is 23.7. The summed E-state index contributed by atoms with van der Waals surface area (Å²) in [4.78, 5) is 0. The van der Waals surface area contributed by atoms with Crippen molar-refractivity contribution in [1.82, 2.24) is 16.4 Å². The fourth-order valence-corrected chi connectivity index (χ4v) is 1.56. The van der Waals surface area contributed by atoms with Crippen LogP contribution in [0.2, 0.25) is 5.02 Å². The Kier molecular flexibility index (Phi) is 3.00. The van der Waals surface area contributed by atoms with Gasteiger partial charge in [0.2, 0.25) is 0 Å². The van der Waals surface area contributed by atoms with Crippen molar-refractivity contribution in [2.45, 2.75) is 12.1 Å². The molecule has 5 heteroatoms. The van der Waals surface area contributed by atoms with Gasteiger partial charge in [-0.05, 0) is 17.7 Å². The van der Waals surface area contributed by atoms with Crippen molar-refractivity contribution in [3.05, 3.63) is 34.9 Å². The highest BCUT2D eigenvalue weighted by Gasteiger charge is 2.23. The summed E-state index contributed by atoms with van der Waals surface area (Å²) in [5.74, 6) is 0. The third-order valence-electron chi connectivity index (χ3n) is 2.26. The molecule has 0 spiro atoms. The highest BCUT2D eigenvalue weighted by Crippen LogP contribution is 2.19. The lowest BCUT2D eigenvalue weighted by Gasteiger charge is -2.16. The molecule has 1 aromatic rings. The highest BCUT2D eigenvalue weighted by molar-refractivity contribution is 6.30. The van der Waals surface area contributed by atoms with Crippen LogP contribution < -0.4 is 16.4 Å². The summed E-state index contributed by atoms with van der Waals surface area (Å²) >= 11 is 5.75. The first kappa shape index (κ1) is 9.89. The maximum absolute atomic E-state index is 9.93. The third-order valence-corrected chi connectivity index (χ3v) is 2.51. The predicted molar refractivity (Wildman–Crippen MR) is 54.5 cm³/mol. The Labute approximate surface area is 87.2 Å². The largest absolute Gasteiger partial charge is 0.387 e. The summed E-state index contributed by atoms with van der Waals surface area (Å²) in [6.07, 6.45) is -0.533. The Morgan fingerprint density at radius 3 is 2.64 bits per heavy atom. The van der Waals surface area contributed by atoms with Crippen molar-refractivity contribution in [2.75, 3.05) is 6.54 Å². The van der Waals surface area contributed by atoms with E-state index in [0.29, 0.717) is 11.6 Å². The van der Waals surface area contributed by atoms with Crippen LogP contribution in [0.15, 0.2) is 24.3 Å². The van der Waals surface area contributed by atoms with Gasteiger partial charge in [-0.1, -0.05) is 23.7 Å². The van der Waals surface area contributed by atoms with Crippen LogP contribution in [0.5, 0.6) is 0 Å². The van der Waals surface area contributed by atoms with Crippen molar-refractivity contribution in [3.8, 4) is 0 Å². The van der Waals surface area contributed by atoms with Crippen LogP contribution in [0.25, 0.3) is 0 Å². The van der Waals surface area contributed by atoms with Crippen LogP contribution in [-0.2, 0) is 0 Å². The minimum Gasteiger partial charge on any atom is -0.387 e. The second-order valence-electron chi connectivity index (χ2n) is 3.25. The van der Waals surface area contributed by atoms with Gasteiger partial charge in [0.25, 0.3) is 0 Å². The summed E-state index contributed by atoms with van der Waals surface area (Å²) in [7, 11) is 0. The van der Waals surface area contributed by atoms with Gasteiger partial charge in [-0.2, -0.15) is 5.53 Å². The molecule has 14 heavy (non-hydrogen) atoms. The van der Waals surface area contributed by atoms with Crippen molar-refractivity contribution < 1.29 is 5.11 Å². The van der Waals surface area contributed by atoms with Crippen LogP contribution in [0.3, 0.4) is 0 Å². The predicted octanol–water partition coefficient (Wildman–Crippen LogP) is 0.354. The fourth-order valence-electron chi connectivity index (χ4n) is 1.44. The molecule has 1 fully saturated rings. The van der Waals surface area contributed by atoms with Crippen LogP contribution in [0.1, 0.15) is 11.7 Å². The summed E-state index contributed by atoms with van der Waals surface area (Å²) < 4.78 is 0. The smallest absolute Gasteiger partial charge is 0.0970 e. The molecule has 4 N–H and O–H groups in total. The Hall–Kier alpha value is -0.650. The van der Waals surface area contributed by atoms with E-state index in [-0.39, 0.29) is 6.04 Å². The Balaban J connectivity index is 2.09. The van der Waals surface area contributed by atoms with Gasteiger partial charge in [0.05, 0.1) is 12.1 Å². The van der Waals surface area contributed by atoms with Crippen LogP contribution >= 0.6 is 11.6 Å². The molecule has 76 valence electrons. The van der Waals surface area contributed by atoms with E-state index in [2.05, 4.69) is 16.4 Å². The Bertz CT molecular complexity index is 297. The van der Waals surface area contributed by atoms with E-state index in [0.717, 1.165) is 5.56 Å². The van der Waals surface area contributed by atoms with Gasteiger partial charge in [-0.3, -0.25) is 0 Å². The second-order valence-corrected chi connectivity index (χ2v) is 3.69. The van der Waals surface area contributed by atoms with Crippen molar-refractivity contribution >= 4 is 11.6 Å². The first-order valence-electron chi connectivity index (χ1n) is 4.44. The molecule has 4 nitrogen and oxygen atoms in total. The maximum Gasteiger partial charge on any atom is 0.0970 e. The molecule has 2 atom stereocenters. The average molecular weight is 214 g/mol. The van der Waals surface area contributed by atoms with E-state index >= 15 is 0 Å². The number of aliphatic hydroxyl groups is 1. The first-order valence-corrected chi connectivity index (χ1v) is 4.82. The SMILES string of the molecule is OC(c1ccc(Cl)cc1)C1CNNN1. The van der Waals surface area contributed by atoms with E-state index in [1.807, 2.05) is 12.1 Å². The van der Waals surface area contributed by atoms with E-state index in [1.54, 1.807) is 12.1 Å². The van der Waals surface area contributed by atoms with Gasteiger partial charge in [-0.15, -0.1) is 0 Å². The van der Waals surface area contributed by atoms with Gasteiger partial charge >= 0.3 is 0 Å². The number of halogens is 1. The molecule has 1 aliphatic heterocycles. The number of aliphatic hydroxyl groups excluding tert-OH is 1. The highest BCUT2D eigenvalue weighted by atomic mass is 35.5. The summed E-state index contributed by atoms with van der Waals surface area (Å²) in [6.45, 7) is 0.684. The van der Waals surface area contributed by atoms with Gasteiger partial charge in [-0.25, -0.2) is 10.9 Å². The Morgan fingerprint density at radius 2 is 2.07 bits per heavy atom. The zero-order valence-corrected chi connectivity index (χ0v) is 8.25. The fraction of sp³-hybridized carbons (Fsp3) is 0.333. The minimum absolute atomic E-state index is 0.0174. The number of hydrogen-bond donors (Lipinski definition) is 4. The molecular weight excluding hydrogens is 202 g/mol. The molecule has 1 aromatic carbocycles. The van der Waals surface area contributed by atoms with Crippen molar-refractivity contribution in [2.24, 2.45) is 0 Å². The number of rotatable bonds is 2. The van der Waals surface area contributed by atoms with Gasteiger partial charge in [0, 0.05) is 11.6 Å². The monoisotopic (exact) mass is 213 g/mol. The molecule has 1 saturated heterocycles. The maximum atomic E-state index is 9.93. The molecule has 2 unspecified atom stereocenters. The van der Waals surface area contributed by atoms with E-state index < -0.39 is 6.10 Å². The topological polar surface area (TPSA) is 56.3 Å². The number of hydrogen-bond acceptors (Lipinski definition) is 4. The van der Waals surface area contributed by atoms with Gasteiger partial charge in [0.1, 0.15) is 0 Å². The minimum atomic E-state index is -0.533. The number of hydrazine groups is 2. The molecule has 1 heterocycles. The zero-order chi connectivity index (χ0) is 9.97. The quantitative estimate of drug-likeness (QED) is 0.573. The van der Waals surface area contributed by atoms with Crippen LogP contribution in [0, 0.1) is 0 Å². The first-order chi connectivity index (χ1) is 6.77. The van der Waals surface area contributed by atoms with E-state index in [9.17, 15) is 5.11 Å². The summed E-state index contributed by atoms with van der Waals surface area (Å²) in [5, 5.41) is 10.6. The van der Waals surface area contributed by atoms with E-state index in [4.69, 9.17) is 11.6 Å². The standard InChI is InChI=1S/C9H12ClN3O/c10-7-3-1-6(2-4-7)9(14)8-5-11-13-12-8/h1-4,8-9,11-14H,5H2. The van der Waals surface area contributed by atoms with Gasteiger partial charge < -0.3 is 5.11 Å². The lowest BCUT2D eigenvalue weighted by atomic mass is 10.0. The summed E-state index contributed by atoms with van der Waals surface area (Å²) in [6, 6.07) is 7.18. The third kappa shape index (κ3) is 2.05. The van der Waals surface area contributed by atoms with Gasteiger partial charge in [0.15, 0.2) is 0 Å².